The number of carbonyl (C=O) groups excluding carboxylic acids is 1. The normalized spacial score (nSPS) is 14.5. The molecular formula is C12H17N3O2. The molecule has 1 aliphatic rings. The van der Waals surface area contributed by atoms with Crippen LogP contribution in [-0.4, -0.2) is 22.5 Å². The summed E-state index contributed by atoms with van der Waals surface area (Å²) in [4.78, 5) is 20.1. The molecule has 0 radical (unpaired) electrons. The minimum atomic E-state index is 0.0731. The first-order valence-electron chi connectivity index (χ1n) is 5.90. The zero-order chi connectivity index (χ0) is 12.4. The van der Waals surface area contributed by atoms with Crippen LogP contribution in [-0.2, 0) is 4.79 Å². The smallest absolute Gasteiger partial charge is 0.316 e. The van der Waals surface area contributed by atoms with Crippen LogP contribution in [0.5, 0.6) is 6.01 Å². The Bertz CT molecular complexity index is 418. The van der Waals surface area contributed by atoms with Gasteiger partial charge in [0.2, 0.25) is 5.91 Å². The Morgan fingerprint density at radius 2 is 1.94 bits per heavy atom. The van der Waals surface area contributed by atoms with Crippen molar-refractivity contribution in [2.45, 2.75) is 33.6 Å². The van der Waals surface area contributed by atoms with Crippen LogP contribution in [0.4, 0.5) is 5.69 Å². The van der Waals surface area contributed by atoms with Crippen LogP contribution in [0.3, 0.4) is 0 Å². The van der Waals surface area contributed by atoms with Gasteiger partial charge >= 0.3 is 6.01 Å². The zero-order valence-electron chi connectivity index (χ0n) is 10.4. The maximum Gasteiger partial charge on any atom is 0.316 e. The van der Waals surface area contributed by atoms with E-state index in [1.807, 2.05) is 20.8 Å². The molecule has 0 unspecified atom stereocenters. The number of hydrogen-bond acceptors (Lipinski definition) is 4. The summed E-state index contributed by atoms with van der Waals surface area (Å²) in [5.41, 5.74) is 2.20. The van der Waals surface area contributed by atoms with E-state index >= 15 is 0 Å². The molecule has 1 N–H and O–H groups in total. The van der Waals surface area contributed by atoms with Gasteiger partial charge in [0.1, 0.15) is 0 Å². The Hall–Kier alpha value is -1.65. The molecule has 0 atom stereocenters. The predicted octanol–water partition coefficient (Wildman–Crippen LogP) is 1.84. The number of aromatic nitrogens is 2. The van der Waals surface area contributed by atoms with E-state index in [-0.39, 0.29) is 11.8 Å². The number of carbonyl (C=O) groups is 1. The molecular weight excluding hydrogens is 218 g/mol. The minimum Gasteiger partial charge on any atom is -0.464 e. The van der Waals surface area contributed by atoms with Crippen LogP contribution < -0.4 is 10.1 Å². The highest BCUT2D eigenvalue weighted by Gasteiger charge is 2.30. The highest BCUT2D eigenvalue weighted by molar-refractivity contribution is 5.94. The van der Waals surface area contributed by atoms with Gasteiger partial charge < -0.3 is 10.1 Å². The molecule has 0 bridgehead atoms. The van der Waals surface area contributed by atoms with Crippen molar-refractivity contribution in [1.29, 1.82) is 0 Å². The second-order valence-corrected chi connectivity index (χ2v) is 4.25. The summed E-state index contributed by atoms with van der Waals surface area (Å²) >= 11 is 0. The van der Waals surface area contributed by atoms with Crippen LogP contribution in [0.2, 0.25) is 0 Å². The molecule has 92 valence electrons. The Balaban J connectivity index is 2.18. The van der Waals surface area contributed by atoms with E-state index in [0.717, 1.165) is 24.2 Å². The molecule has 5 heteroatoms. The maximum atomic E-state index is 11.7. The first-order valence-corrected chi connectivity index (χ1v) is 5.90. The van der Waals surface area contributed by atoms with E-state index < -0.39 is 0 Å². The molecule has 0 aliphatic heterocycles. The Labute approximate surface area is 101 Å². The van der Waals surface area contributed by atoms with Crippen LogP contribution in [0.15, 0.2) is 0 Å². The summed E-state index contributed by atoms with van der Waals surface area (Å²) in [6, 6.07) is 0.368. The zero-order valence-corrected chi connectivity index (χ0v) is 10.4. The van der Waals surface area contributed by atoms with E-state index in [9.17, 15) is 4.79 Å². The molecule has 1 saturated carbocycles. The van der Waals surface area contributed by atoms with Gasteiger partial charge in [-0.3, -0.25) is 4.79 Å². The van der Waals surface area contributed by atoms with E-state index in [1.54, 1.807) is 0 Å². The van der Waals surface area contributed by atoms with Gasteiger partial charge in [-0.1, -0.05) is 0 Å². The number of anilines is 1. The lowest BCUT2D eigenvalue weighted by Gasteiger charge is -2.11. The number of ether oxygens (including phenoxy) is 1. The van der Waals surface area contributed by atoms with Crippen LogP contribution in [0, 0.1) is 19.8 Å². The number of rotatable bonds is 4. The van der Waals surface area contributed by atoms with Gasteiger partial charge in [0.25, 0.3) is 0 Å². The van der Waals surface area contributed by atoms with Gasteiger partial charge in [-0.2, -0.15) is 9.97 Å². The molecule has 1 aromatic rings. The summed E-state index contributed by atoms with van der Waals surface area (Å²) in [6.07, 6.45) is 1.98. The third-order valence-electron chi connectivity index (χ3n) is 2.72. The summed E-state index contributed by atoms with van der Waals surface area (Å²) in [5, 5.41) is 2.89. The molecule has 17 heavy (non-hydrogen) atoms. The molecule has 1 heterocycles. The van der Waals surface area contributed by atoms with Gasteiger partial charge in [-0.05, 0) is 33.6 Å². The summed E-state index contributed by atoms with van der Waals surface area (Å²) in [5.74, 6) is 0.254. The largest absolute Gasteiger partial charge is 0.464 e. The van der Waals surface area contributed by atoms with Crippen molar-refractivity contribution >= 4 is 11.6 Å². The number of nitrogens with zero attached hydrogens (tertiary/aromatic N) is 2. The second kappa shape index (κ2) is 4.69. The van der Waals surface area contributed by atoms with Crippen LogP contribution >= 0.6 is 0 Å². The summed E-state index contributed by atoms with van der Waals surface area (Å²) < 4.78 is 5.25. The fourth-order valence-electron chi connectivity index (χ4n) is 1.63. The number of aryl methyl sites for hydroxylation is 2. The first-order chi connectivity index (χ1) is 8.11. The average molecular weight is 235 g/mol. The Morgan fingerprint density at radius 1 is 1.35 bits per heavy atom. The van der Waals surface area contributed by atoms with Crippen molar-refractivity contribution < 1.29 is 9.53 Å². The Kier molecular flexibility index (Phi) is 3.26. The maximum absolute atomic E-state index is 11.7. The minimum absolute atomic E-state index is 0.0731. The lowest BCUT2D eigenvalue weighted by molar-refractivity contribution is -0.117. The van der Waals surface area contributed by atoms with E-state index in [0.29, 0.717) is 18.3 Å². The number of amides is 1. The Morgan fingerprint density at radius 3 is 2.41 bits per heavy atom. The standard InChI is InChI=1S/C12H17N3O2/c1-4-17-12-13-7(2)10(8(3)14-12)15-11(16)9-5-6-9/h9H,4-6H2,1-3H3,(H,15,16). The molecule has 1 aliphatic carbocycles. The molecule has 0 saturated heterocycles. The van der Waals surface area contributed by atoms with E-state index in [2.05, 4.69) is 15.3 Å². The van der Waals surface area contributed by atoms with Gasteiger partial charge in [-0.15, -0.1) is 0 Å². The summed E-state index contributed by atoms with van der Waals surface area (Å²) in [6.45, 7) is 6.11. The molecule has 0 aromatic carbocycles. The fourth-order valence-corrected chi connectivity index (χ4v) is 1.63. The van der Waals surface area contributed by atoms with E-state index in [4.69, 9.17) is 4.74 Å². The van der Waals surface area contributed by atoms with Crippen LogP contribution in [0.25, 0.3) is 0 Å². The topological polar surface area (TPSA) is 64.1 Å². The molecule has 2 rings (SSSR count). The lowest BCUT2D eigenvalue weighted by atomic mass is 10.2. The molecule has 0 spiro atoms. The second-order valence-electron chi connectivity index (χ2n) is 4.25. The van der Waals surface area contributed by atoms with Gasteiger partial charge in [0.05, 0.1) is 23.7 Å². The summed E-state index contributed by atoms with van der Waals surface area (Å²) in [7, 11) is 0. The quantitative estimate of drug-likeness (QED) is 0.864. The molecule has 5 nitrogen and oxygen atoms in total. The van der Waals surface area contributed by atoms with Gasteiger partial charge in [-0.25, -0.2) is 0 Å². The lowest BCUT2D eigenvalue weighted by Crippen LogP contribution is -2.16. The molecule has 1 fully saturated rings. The van der Waals surface area contributed by atoms with Crippen molar-refractivity contribution in [3.63, 3.8) is 0 Å². The van der Waals surface area contributed by atoms with Crippen molar-refractivity contribution in [3.8, 4) is 6.01 Å². The monoisotopic (exact) mass is 235 g/mol. The van der Waals surface area contributed by atoms with Crippen molar-refractivity contribution in [1.82, 2.24) is 9.97 Å². The SMILES string of the molecule is CCOc1nc(C)c(NC(=O)C2CC2)c(C)n1. The number of nitrogens with one attached hydrogen (secondary N) is 1. The highest BCUT2D eigenvalue weighted by Crippen LogP contribution is 2.31. The third kappa shape index (κ3) is 2.72. The first kappa shape index (κ1) is 11.8. The van der Waals surface area contributed by atoms with Crippen molar-refractivity contribution in [2.75, 3.05) is 11.9 Å². The third-order valence-corrected chi connectivity index (χ3v) is 2.72. The fraction of sp³-hybridized carbons (Fsp3) is 0.583. The van der Waals surface area contributed by atoms with Crippen molar-refractivity contribution in [2.24, 2.45) is 5.92 Å². The van der Waals surface area contributed by atoms with Crippen molar-refractivity contribution in [3.05, 3.63) is 11.4 Å². The van der Waals surface area contributed by atoms with Gasteiger partial charge in [0.15, 0.2) is 0 Å². The number of hydrogen-bond donors (Lipinski definition) is 1. The van der Waals surface area contributed by atoms with Gasteiger partial charge in [0, 0.05) is 5.92 Å². The van der Waals surface area contributed by atoms with Crippen LogP contribution in [0.1, 0.15) is 31.2 Å². The molecule has 1 amide bonds. The highest BCUT2D eigenvalue weighted by atomic mass is 16.5. The predicted molar refractivity (Wildman–Crippen MR) is 64.0 cm³/mol. The average Bonchev–Trinajstić information content (AvgIpc) is 3.07. The molecule has 1 aromatic heterocycles. The van der Waals surface area contributed by atoms with E-state index in [1.165, 1.54) is 0 Å².